The minimum absolute atomic E-state index is 0.514. The van der Waals surface area contributed by atoms with Crippen LogP contribution < -0.4 is 4.90 Å². The maximum atomic E-state index is 11.0. The van der Waals surface area contributed by atoms with Gasteiger partial charge in [-0.25, -0.2) is 15.0 Å². The molecule has 1 aliphatic rings. The molecule has 0 saturated carbocycles. The van der Waals surface area contributed by atoms with E-state index in [4.69, 9.17) is 0 Å². The summed E-state index contributed by atoms with van der Waals surface area (Å²) < 4.78 is 0. The van der Waals surface area contributed by atoms with Crippen LogP contribution in [0.25, 0.3) is 22.2 Å². The molecule has 5 nitrogen and oxygen atoms in total. The third-order valence-electron chi connectivity index (χ3n) is 4.98. The van der Waals surface area contributed by atoms with Crippen molar-refractivity contribution in [2.75, 3.05) is 11.4 Å². The predicted octanol–water partition coefficient (Wildman–Crippen LogP) is 4.20. The molecule has 2 aromatic heterocycles. The second-order valence-corrected chi connectivity index (χ2v) is 6.52. The van der Waals surface area contributed by atoms with Crippen molar-refractivity contribution in [1.82, 2.24) is 15.0 Å². The fraction of sp³-hybridized carbons (Fsp3) is 0.0909. The van der Waals surface area contributed by atoms with Crippen LogP contribution in [0.5, 0.6) is 0 Å². The number of benzene rings is 2. The van der Waals surface area contributed by atoms with Crippen LogP contribution in [0.4, 0.5) is 11.5 Å². The quantitative estimate of drug-likeness (QED) is 0.517. The molecular formula is C22H16N4O. The van der Waals surface area contributed by atoms with Crippen LogP contribution in [0.2, 0.25) is 0 Å². The number of hydrogen-bond donors (Lipinski definition) is 0. The molecule has 0 radical (unpaired) electrons. The van der Waals surface area contributed by atoms with E-state index in [0.29, 0.717) is 16.6 Å². The Labute approximate surface area is 156 Å². The molecule has 3 heterocycles. The third kappa shape index (κ3) is 2.56. The molecule has 5 rings (SSSR count). The van der Waals surface area contributed by atoms with Gasteiger partial charge in [-0.15, -0.1) is 0 Å². The molecule has 130 valence electrons. The Balaban J connectivity index is 1.65. The van der Waals surface area contributed by atoms with Crippen LogP contribution in [0.1, 0.15) is 15.9 Å². The Kier molecular flexibility index (Phi) is 3.64. The summed E-state index contributed by atoms with van der Waals surface area (Å²) in [4.78, 5) is 26.5. The van der Waals surface area contributed by atoms with Crippen molar-refractivity contribution in [3.8, 4) is 11.1 Å². The topological polar surface area (TPSA) is 59.0 Å². The van der Waals surface area contributed by atoms with Crippen LogP contribution in [0.15, 0.2) is 67.1 Å². The molecule has 0 spiro atoms. The summed E-state index contributed by atoms with van der Waals surface area (Å²) in [5, 5.41) is 0. The maximum Gasteiger partial charge on any atom is 0.163 e. The van der Waals surface area contributed by atoms with Gasteiger partial charge in [-0.1, -0.05) is 42.5 Å². The van der Waals surface area contributed by atoms with Gasteiger partial charge < -0.3 is 4.90 Å². The Morgan fingerprint density at radius 1 is 0.963 bits per heavy atom. The second kappa shape index (κ2) is 6.29. The summed E-state index contributed by atoms with van der Waals surface area (Å²) in [5.41, 5.74) is 6.85. The van der Waals surface area contributed by atoms with Crippen molar-refractivity contribution in [3.63, 3.8) is 0 Å². The number of carbonyl (C=O) groups is 1. The highest BCUT2D eigenvalue weighted by molar-refractivity contribution is 5.92. The first-order valence-electron chi connectivity index (χ1n) is 8.86. The van der Waals surface area contributed by atoms with E-state index in [2.05, 4.69) is 62.3 Å². The van der Waals surface area contributed by atoms with Crippen LogP contribution >= 0.6 is 0 Å². The van der Waals surface area contributed by atoms with Gasteiger partial charge >= 0.3 is 0 Å². The number of nitrogens with zero attached hydrogens (tertiary/aromatic N) is 4. The first-order valence-corrected chi connectivity index (χ1v) is 8.86. The zero-order valence-electron chi connectivity index (χ0n) is 14.5. The molecule has 0 fully saturated rings. The van der Waals surface area contributed by atoms with Crippen LogP contribution in [0.3, 0.4) is 0 Å². The largest absolute Gasteiger partial charge is 0.324 e. The lowest BCUT2D eigenvalue weighted by molar-refractivity contribution is 0.112. The number of aldehydes is 1. The van der Waals surface area contributed by atoms with Gasteiger partial charge in [0, 0.05) is 24.0 Å². The average Bonchev–Trinajstić information content (AvgIpc) is 3.17. The van der Waals surface area contributed by atoms with Crippen molar-refractivity contribution in [3.05, 3.63) is 78.2 Å². The molecule has 0 unspecified atom stereocenters. The van der Waals surface area contributed by atoms with E-state index in [1.165, 1.54) is 23.0 Å². The number of rotatable bonds is 3. The number of carbonyl (C=O) groups excluding carboxylic acids is 1. The molecule has 27 heavy (non-hydrogen) atoms. The van der Waals surface area contributed by atoms with Gasteiger partial charge in [0.2, 0.25) is 0 Å². The molecule has 0 atom stereocenters. The second-order valence-electron chi connectivity index (χ2n) is 6.52. The van der Waals surface area contributed by atoms with E-state index in [0.717, 1.165) is 30.8 Å². The molecule has 0 aliphatic carbocycles. The van der Waals surface area contributed by atoms with Crippen LogP contribution in [-0.4, -0.2) is 27.8 Å². The monoisotopic (exact) mass is 352 g/mol. The molecule has 4 aromatic rings. The summed E-state index contributed by atoms with van der Waals surface area (Å²) in [6.45, 7) is 0.836. The molecule has 1 aliphatic heterocycles. The van der Waals surface area contributed by atoms with Gasteiger partial charge in [-0.3, -0.25) is 4.79 Å². The zero-order valence-corrected chi connectivity index (χ0v) is 14.5. The van der Waals surface area contributed by atoms with Gasteiger partial charge in [0.05, 0.1) is 5.52 Å². The maximum absolute atomic E-state index is 11.0. The van der Waals surface area contributed by atoms with E-state index in [1.807, 2.05) is 6.07 Å². The predicted molar refractivity (Wildman–Crippen MR) is 105 cm³/mol. The third-order valence-corrected chi connectivity index (χ3v) is 4.98. The molecule has 0 amide bonds. The minimum atomic E-state index is 0.514. The number of aromatic nitrogens is 3. The lowest BCUT2D eigenvalue weighted by Gasteiger charge is -2.19. The molecular weight excluding hydrogens is 336 g/mol. The van der Waals surface area contributed by atoms with Gasteiger partial charge in [0.15, 0.2) is 12.1 Å². The Bertz CT molecular complexity index is 1160. The highest BCUT2D eigenvalue weighted by Gasteiger charge is 2.26. The Hall–Kier alpha value is -3.60. The van der Waals surface area contributed by atoms with E-state index in [-0.39, 0.29) is 0 Å². The molecule has 2 aromatic carbocycles. The smallest absolute Gasteiger partial charge is 0.163 e. The van der Waals surface area contributed by atoms with Crippen molar-refractivity contribution in [2.24, 2.45) is 0 Å². The van der Waals surface area contributed by atoms with Crippen molar-refractivity contribution in [2.45, 2.75) is 6.42 Å². The van der Waals surface area contributed by atoms with E-state index < -0.39 is 0 Å². The fourth-order valence-corrected chi connectivity index (χ4v) is 3.75. The van der Waals surface area contributed by atoms with Gasteiger partial charge in [-0.2, -0.15) is 0 Å². The van der Waals surface area contributed by atoms with Crippen LogP contribution in [-0.2, 0) is 6.42 Å². The zero-order chi connectivity index (χ0) is 18.2. The number of pyridine rings is 1. The summed E-state index contributed by atoms with van der Waals surface area (Å²) in [5.74, 6) is 0.779. The van der Waals surface area contributed by atoms with E-state index >= 15 is 0 Å². The summed E-state index contributed by atoms with van der Waals surface area (Å²) in [7, 11) is 0. The SMILES string of the molecule is O=Cc1cnc2c(N3CCc4c(-c5ccccc5)cccc43)ncnc2c1. The average molecular weight is 352 g/mol. The van der Waals surface area contributed by atoms with Crippen LogP contribution in [0, 0.1) is 0 Å². The Morgan fingerprint density at radius 3 is 2.70 bits per heavy atom. The van der Waals surface area contributed by atoms with Gasteiger partial charge in [0.1, 0.15) is 11.8 Å². The van der Waals surface area contributed by atoms with Crippen molar-refractivity contribution in [1.29, 1.82) is 0 Å². The first kappa shape index (κ1) is 15.6. The highest BCUT2D eigenvalue weighted by Crippen LogP contribution is 2.40. The summed E-state index contributed by atoms with van der Waals surface area (Å²) in [6, 6.07) is 18.6. The normalized spacial score (nSPS) is 13.0. The van der Waals surface area contributed by atoms with Crippen molar-refractivity contribution >= 4 is 28.8 Å². The number of fused-ring (bicyclic) bond motifs is 2. The Morgan fingerprint density at radius 2 is 1.85 bits per heavy atom. The summed E-state index contributed by atoms with van der Waals surface area (Å²) >= 11 is 0. The van der Waals surface area contributed by atoms with Gasteiger partial charge in [0.25, 0.3) is 0 Å². The van der Waals surface area contributed by atoms with Crippen molar-refractivity contribution < 1.29 is 4.79 Å². The number of anilines is 2. The first-order chi connectivity index (χ1) is 13.3. The minimum Gasteiger partial charge on any atom is -0.324 e. The lowest BCUT2D eigenvalue weighted by atomic mass is 9.98. The molecule has 0 saturated heterocycles. The fourth-order valence-electron chi connectivity index (χ4n) is 3.75. The lowest BCUT2D eigenvalue weighted by Crippen LogP contribution is -2.15. The van der Waals surface area contributed by atoms with E-state index in [1.54, 1.807) is 12.3 Å². The van der Waals surface area contributed by atoms with Gasteiger partial charge in [-0.05, 0) is 35.2 Å². The highest BCUT2D eigenvalue weighted by atomic mass is 16.1. The molecule has 0 N–H and O–H groups in total. The molecule has 0 bridgehead atoms. The summed E-state index contributed by atoms with van der Waals surface area (Å²) in [6.07, 6.45) is 4.83. The molecule has 5 heteroatoms. The number of hydrogen-bond acceptors (Lipinski definition) is 5. The standard InChI is InChI=1S/C22H16N4O/c27-13-15-11-19-21(23-12-15)22(25-14-24-19)26-10-9-18-17(7-4-8-20(18)26)16-5-2-1-3-6-16/h1-8,11-14H,9-10H2. The van der Waals surface area contributed by atoms with E-state index in [9.17, 15) is 4.79 Å².